The molecule has 0 N–H and O–H groups in total. The van der Waals surface area contributed by atoms with E-state index in [1.807, 2.05) is 31.6 Å². The lowest BCUT2D eigenvalue weighted by atomic mass is 10.0. The first-order valence-corrected chi connectivity index (χ1v) is 13.2. The molecule has 2 aromatic heterocycles. The third-order valence-electron chi connectivity index (χ3n) is 7.64. The smallest absolute Gasteiger partial charge is 0.320 e. The molecule has 2 aliphatic rings. The molecule has 7 nitrogen and oxygen atoms in total. The van der Waals surface area contributed by atoms with Crippen molar-refractivity contribution in [2.45, 2.75) is 37.8 Å². The van der Waals surface area contributed by atoms with Crippen LogP contribution in [0.1, 0.15) is 37.8 Å². The van der Waals surface area contributed by atoms with Crippen molar-refractivity contribution in [3.05, 3.63) is 85.0 Å². The zero-order chi connectivity index (χ0) is 26.1. The van der Waals surface area contributed by atoms with E-state index >= 15 is 0 Å². The van der Waals surface area contributed by atoms with Crippen LogP contribution in [-0.2, 0) is 0 Å². The summed E-state index contributed by atoms with van der Waals surface area (Å²) >= 11 is 0. The number of benzene rings is 2. The maximum atomic E-state index is 13.5. The van der Waals surface area contributed by atoms with Crippen molar-refractivity contribution in [1.82, 2.24) is 29.4 Å². The van der Waals surface area contributed by atoms with Crippen molar-refractivity contribution in [3.8, 4) is 22.3 Å². The molecule has 38 heavy (non-hydrogen) atoms. The third kappa shape index (κ3) is 5.05. The van der Waals surface area contributed by atoms with E-state index in [0.29, 0.717) is 13.1 Å². The Morgan fingerprint density at radius 2 is 1.08 bits per heavy atom. The standard InChI is InChI=1S/C29H30F2N6O/c30-25-9-5-21(6-10-25)23-15-32-36(17-23)27-3-1-13-34(19-27)29(38)35-14-2-4-28(20-35)37-18-24(16-33-37)22-7-11-26(31)12-8-22/h5-12,15-18,27-28H,1-4,13-14,19-20H2. The fourth-order valence-corrected chi connectivity index (χ4v) is 5.55. The van der Waals surface area contributed by atoms with E-state index in [-0.39, 0.29) is 29.7 Å². The zero-order valence-electron chi connectivity index (χ0n) is 21.1. The number of hydrogen-bond acceptors (Lipinski definition) is 3. The molecule has 2 aliphatic heterocycles. The minimum atomic E-state index is -0.261. The molecular formula is C29H30F2N6O. The first kappa shape index (κ1) is 24.3. The van der Waals surface area contributed by atoms with Gasteiger partial charge in [0.1, 0.15) is 11.6 Å². The summed E-state index contributed by atoms with van der Waals surface area (Å²) in [5.74, 6) is -0.521. The number of rotatable bonds is 4. The van der Waals surface area contributed by atoms with Gasteiger partial charge in [-0.3, -0.25) is 9.36 Å². The summed E-state index contributed by atoms with van der Waals surface area (Å²) in [7, 11) is 0. The number of urea groups is 1. The molecule has 0 aliphatic carbocycles. The van der Waals surface area contributed by atoms with E-state index in [2.05, 4.69) is 10.2 Å². The normalized spacial score (nSPS) is 20.1. The summed E-state index contributed by atoms with van der Waals surface area (Å²) in [6.07, 6.45) is 11.3. The second-order valence-electron chi connectivity index (χ2n) is 10.2. The Morgan fingerprint density at radius 3 is 1.50 bits per heavy atom. The van der Waals surface area contributed by atoms with Crippen molar-refractivity contribution in [1.29, 1.82) is 0 Å². The summed E-state index contributed by atoms with van der Waals surface area (Å²) in [5.41, 5.74) is 3.71. The number of carbonyl (C=O) groups excluding carboxylic acids is 1. The predicted octanol–water partition coefficient (Wildman–Crippen LogP) is 5.79. The van der Waals surface area contributed by atoms with E-state index in [4.69, 9.17) is 0 Å². The van der Waals surface area contributed by atoms with Gasteiger partial charge in [-0.15, -0.1) is 0 Å². The topological polar surface area (TPSA) is 59.2 Å². The third-order valence-corrected chi connectivity index (χ3v) is 7.64. The molecule has 4 heterocycles. The number of hydrogen-bond donors (Lipinski definition) is 0. The van der Waals surface area contributed by atoms with Gasteiger partial charge in [0.15, 0.2) is 0 Å². The van der Waals surface area contributed by atoms with Gasteiger partial charge >= 0.3 is 6.03 Å². The minimum absolute atomic E-state index is 0.0660. The molecule has 0 saturated carbocycles. The summed E-state index contributed by atoms with van der Waals surface area (Å²) in [5, 5.41) is 9.14. The fraction of sp³-hybridized carbons (Fsp3) is 0.345. The van der Waals surface area contributed by atoms with Crippen molar-refractivity contribution in [3.63, 3.8) is 0 Å². The fourth-order valence-electron chi connectivity index (χ4n) is 5.55. The van der Waals surface area contributed by atoms with Gasteiger partial charge in [-0.2, -0.15) is 10.2 Å². The lowest BCUT2D eigenvalue weighted by molar-refractivity contribution is 0.108. The van der Waals surface area contributed by atoms with Crippen LogP contribution < -0.4 is 0 Å². The van der Waals surface area contributed by atoms with E-state index in [0.717, 1.165) is 61.0 Å². The molecule has 9 heteroatoms. The van der Waals surface area contributed by atoms with Crippen molar-refractivity contribution < 1.29 is 13.6 Å². The molecule has 0 bridgehead atoms. The SMILES string of the molecule is O=C(N1CCCC(n2cc(-c3ccc(F)cc3)cn2)C1)N1CCCC(n2cc(-c3ccc(F)cc3)cn2)C1. The Bertz CT molecular complexity index is 1290. The van der Waals surface area contributed by atoms with Gasteiger partial charge < -0.3 is 9.80 Å². The number of carbonyl (C=O) groups is 1. The van der Waals surface area contributed by atoms with Gasteiger partial charge in [0.05, 0.1) is 24.5 Å². The quantitative estimate of drug-likeness (QED) is 0.345. The van der Waals surface area contributed by atoms with Crippen LogP contribution in [0.15, 0.2) is 73.3 Å². The van der Waals surface area contributed by atoms with Crippen LogP contribution in [0.5, 0.6) is 0 Å². The molecule has 0 spiro atoms. The van der Waals surface area contributed by atoms with Crippen LogP contribution in [0.25, 0.3) is 22.3 Å². The summed E-state index contributed by atoms with van der Waals surface area (Å²) in [6, 6.07) is 13.1. The van der Waals surface area contributed by atoms with Gasteiger partial charge in [-0.1, -0.05) is 24.3 Å². The van der Waals surface area contributed by atoms with Gasteiger partial charge in [0, 0.05) is 49.7 Å². The Hall–Kier alpha value is -4.01. The largest absolute Gasteiger partial charge is 0.323 e. The number of halogens is 2. The maximum absolute atomic E-state index is 13.5. The average molecular weight is 517 g/mol. The Morgan fingerprint density at radius 1 is 0.658 bits per heavy atom. The van der Waals surface area contributed by atoms with Crippen molar-refractivity contribution >= 4 is 6.03 Å². The number of piperidine rings is 2. The van der Waals surface area contributed by atoms with E-state index in [9.17, 15) is 13.6 Å². The molecule has 2 fully saturated rings. The number of nitrogens with zero attached hydrogens (tertiary/aromatic N) is 6. The molecule has 6 rings (SSSR count). The molecule has 4 aromatic rings. The number of likely N-dealkylation sites (tertiary alicyclic amines) is 2. The minimum Gasteiger partial charge on any atom is -0.323 e. The van der Waals surface area contributed by atoms with Crippen LogP contribution in [0.3, 0.4) is 0 Å². The first-order chi connectivity index (χ1) is 18.5. The van der Waals surface area contributed by atoms with Gasteiger partial charge in [-0.25, -0.2) is 13.6 Å². The van der Waals surface area contributed by atoms with E-state index in [1.165, 1.54) is 24.3 Å². The monoisotopic (exact) mass is 516 g/mol. The summed E-state index contributed by atoms with van der Waals surface area (Å²) in [6.45, 7) is 2.69. The highest BCUT2D eigenvalue weighted by molar-refractivity contribution is 5.74. The first-order valence-electron chi connectivity index (χ1n) is 13.2. The second kappa shape index (κ2) is 10.4. The predicted molar refractivity (Wildman–Crippen MR) is 140 cm³/mol. The number of amides is 2. The molecular weight excluding hydrogens is 486 g/mol. The maximum Gasteiger partial charge on any atom is 0.320 e. The van der Waals surface area contributed by atoms with Crippen molar-refractivity contribution in [2.75, 3.05) is 26.2 Å². The summed E-state index contributed by atoms with van der Waals surface area (Å²) in [4.78, 5) is 17.4. The average Bonchev–Trinajstić information content (AvgIpc) is 3.65. The van der Waals surface area contributed by atoms with E-state index in [1.54, 1.807) is 36.7 Å². The van der Waals surface area contributed by atoms with Crippen LogP contribution in [0.2, 0.25) is 0 Å². The molecule has 2 aromatic carbocycles. The Kier molecular flexibility index (Phi) is 6.66. The lowest BCUT2D eigenvalue weighted by Crippen LogP contribution is -2.51. The molecule has 2 saturated heterocycles. The van der Waals surface area contributed by atoms with Crippen LogP contribution >= 0.6 is 0 Å². The van der Waals surface area contributed by atoms with Gasteiger partial charge in [-0.05, 0) is 61.1 Å². The van der Waals surface area contributed by atoms with Crippen LogP contribution in [0, 0.1) is 11.6 Å². The lowest BCUT2D eigenvalue weighted by Gasteiger charge is -2.39. The van der Waals surface area contributed by atoms with Crippen molar-refractivity contribution in [2.24, 2.45) is 0 Å². The molecule has 196 valence electrons. The molecule has 2 amide bonds. The van der Waals surface area contributed by atoms with Crippen LogP contribution in [0.4, 0.5) is 13.6 Å². The Labute approximate surface area is 220 Å². The molecule has 0 radical (unpaired) electrons. The zero-order valence-corrected chi connectivity index (χ0v) is 21.1. The second-order valence-corrected chi connectivity index (χ2v) is 10.2. The van der Waals surface area contributed by atoms with Crippen LogP contribution in [-0.4, -0.2) is 61.6 Å². The van der Waals surface area contributed by atoms with Gasteiger partial charge in [0.2, 0.25) is 0 Å². The Balaban J connectivity index is 1.10. The highest BCUT2D eigenvalue weighted by Crippen LogP contribution is 2.28. The van der Waals surface area contributed by atoms with E-state index < -0.39 is 0 Å². The molecule has 2 atom stereocenters. The molecule has 2 unspecified atom stereocenters. The van der Waals surface area contributed by atoms with Gasteiger partial charge in [0.25, 0.3) is 0 Å². The highest BCUT2D eigenvalue weighted by Gasteiger charge is 2.32. The summed E-state index contributed by atoms with van der Waals surface area (Å²) < 4.78 is 30.5. The highest BCUT2D eigenvalue weighted by atomic mass is 19.1. The number of aromatic nitrogens is 4.